The zero-order chi connectivity index (χ0) is 21.6. The van der Waals surface area contributed by atoms with E-state index in [0.717, 1.165) is 11.3 Å². The summed E-state index contributed by atoms with van der Waals surface area (Å²) in [5, 5.41) is 0. The van der Waals surface area contributed by atoms with Crippen molar-refractivity contribution in [3.63, 3.8) is 0 Å². The Morgan fingerprint density at radius 3 is 2.33 bits per heavy atom. The summed E-state index contributed by atoms with van der Waals surface area (Å²) in [5.74, 6) is 0.0366. The predicted molar refractivity (Wildman–Crippen MR) is 116 cm³/mol. The Hall–Kier alpha value is -2.86. The van der Waals surface area contributed by atoms with Gasteiger partial charge in [0.05, 0.1) is 12.6 Å². The fourth-order valence-electron chi connectivity index (χ4n) is 3.97. The van der Waals surface area contributed by atoms with Crippen molar-refractivity contribution in [3.05, 3.63) is 66.2 Å². The van der Waals surface area contributed by atoms with Gasteiger partial charge in [0.15, 0.2) is 0 Å². The second-order valence-electron chi connectivity index (χ2n) is 7.74. The highest BCUT2D eigenvalue weighted by Gasteiger charge is 2.46. The average molecular weight is 411 g/mol. The Bertz CT molecular complexity index is 843. The van der Waals surface area contributed by atoms with Crippen molar-refractivity contribution in [2.24, 2.45) is 0 Å². The second kappa shape index (κ2) is 9.76. The Morgan fingerprint density at radius 2 is 1.73 bits per heavy atom. The van der Waals surface area contributed by atoms with Gasteiger partial charge in [-0.3, -0.25) is 4.79 Å². The monoisotopic (exact) mass is 410 g/mol. The SMILES string of the molecule is CCC(=O)N(c1ccccc1)[C@@H]1CCN(C(=O)OCc2ccccc2)C[C@@]1(C)OC. The lowest BCUT2D eigenvalue weighted by Gasteiger charge is -2.49. The van der Waals surface area contributed by atoms with E-state index in [9.17, 15) is 9.59 Å². The minimum Gasteiger partial charge on any atom is -0.445 e. The summed E-state index contributed by atoms with van der Waals surface area (Å²) in [7, 11) is 1.63. The number of methoxy groups -OCH3 is 1. The highest BCUT2D eigenvalue weighted by Crippen LogP contribution is 2.33. The van der Waals surface area contributed by atoms with Crippen molar-refractivity contribution < 1.29 is 19.1 Å². The first-order chi connectivity index (χ1) is 14.5. The van der Waals surface area contributed by atoms with Gasteiger partial charge in [0.1, 0.15) is 12.2 Å². The molecular weight excluding hydrogens is 380 g/mol. The molecule has 2 amide bonds. The molecule has 0 N–H and O–H groups in total. The van der Waals surface area contributed by atoms with E-state index >= 15 is 0 Å². The van der Waals surface area contributed by atoms with Crippen LogP contribution in [0.4, 0.5) is 10.5 Å². The lowest BCUT2D eigenvalue weighted by molar-refractivity contribution is -0.122. The Labute approximate surface area is 178 Å². The van der Waals surface area contributed by atoms with Crippen LogP contribution in [0, 0.1) is 0 Å². The lowest BCUT2D eigenvalue weighted by atomic mass is 9.87. The molecule has 3 rings (SSSR count). The first-order valence-corrected chi connectivity index (χ1v) is 10.4. The van der Waals surface area contributed by atoms with Crippen molar-refractivity contribution in [2.75, 3.05) is 25.1 Å². The van der Waals surface area contributed by atoms with Gasteiger partial charge in [0.25, 0.3) is 0 Å². The van der Waals surface area contributed by atoms with Gasteiger partial charge in [-0.1, -0.05) is 55.5 Å². The van der Waals surface area contributed by atoms with Crippen LogP contribution < -0.4 is 4.90 Å². The van der Waals surface area contributed by atoms with Gasteiger partial charge >= 0.3 is 6.09 Å². The average Bonchev–Trinajstić information content (AvgIpc) is 2.80. The zero-order valence-electron chi connectivity index (χ0n) is 17.9. The maximum absolute atomic E-state index is 12.9. The van der Waals surface area contributed by atoms with Gasteiger partial charge in [-0.2, -0.15) is 0 Å². The number of rotatable bonds is 6. The number of anilines is 1. The lowest BCUT2D eigenvalue weighted by Crippen LogP contribution is -2.64. The largest absolute Gasteiger partial charge is 0.445 e. The van der Waals surface area contributed by atoms with Crippen molar-refractivity contribution >= 4 is 17.7 Å². The number of carbonyl (C=O) groups is 2. The fraction of sp³-hybridized carbons (Fsp3) is 0.417. The molecule has 1 aliphatic rings. The molecule has 1 saturated heterocycles. The summed E-state index contributed by atoms with van der Waals surface area (Å²) < 4.78 is 11.4. The number of para-hydroxylation sites is 1. The van der Waals surface area contributed by atoms with Gasteiger partial charge in [0, 0.05) is 25.8 Å². The molecule has 0 spiro atoms. The standard InChI is InChI=1S/C24H30N2O4/c1-4-22(27)26(20-13-9-6-10-14-20)21-15-16-25(18-24(21,2)29-3)23(28)30-17-19-11-7-5-8-12-19/h5-14,21H,4,15-18H2,1-3H3/t21-,24-/m1/s1. The molecule has 2 aromatic rings. The smallest absolute Gasteiger partial charge is 0.410 e. The van der Waals surface area contributed by atoms with Crippen molar-refractivity contribution in [3.8, 4) is 0 Å². The number of amides is 2. The minimum absolute atomic E-state index is 0.0366. The molecule has 1 fully saturated rings. The molecule has 1 aliphatic heterocycles. The third-order valence-electron chi connectivity index (χ3n) is 5.73. The molecule has 0 radical (unpaired) electrons. The molecule has 0 bridgehead atoms. The van der Waals surface area contributed by atoms with E-state index in [1.54, 1.807) is 12.0 Å². The van der Waals surface area contributed by atoms with Crippen LogP contribution in [-0.4, -0.2) is 48.7 Å². The van der Waals surface area contributed by atoms with Crippen LogP contribution in [0.1, 0.15) is 32.3 Å². The van der Waals surface area contributed by atoms with E-state index in [1.807, 2.05) is 79.4 Å². The summed E-state index contributed by atoms with van der Waals surface area (Å²) in [6.45, 7) is 4.89. The number of likely N-dealkylation sites (tertiary alicyclic amines) is 1. The van der Waals surface area contributed by atoms with E-state index in [1.165, 1.54) is 0 Å². The van der Waals surface area contributed by atoms with Gasteiger partial charge < -0.3 is 19.3 Å². The Balaban J connectivity index is 1.74. The molecule has 160 valence electrons. The fourth-order valence-corrected chi connectivity index (χ4v) is 3.97. The highest BCUT2D eigenvalue weighted by atomic mass is 16.6. The number of carbonyl (C=O) groups excluding carboxylic acids is 2. The molecule has 2 atom stereocenters. The molecule has 0 aliphatic carbocycles. The van der Waals surface area contributed by atoms with Gasteiger partial charge in [-0.25, -0.2) is 4.79 Å². The quantitative estimate of drug-likeness (QED) is 0.715. The molecule has 30 heavy (non-hydrogen) atoms. The summed E-state index contributed by atoms with van der Waals surface area (Å²) in [6, 6.07) is 19.1. The normalized spacial score (nSPS) is 21.2. The van der Waals surface area contributed by atoms with Crippen LogP contribution in [0.25, 0.3) is 0 Å². The van der Waals surface area contributed by atoms with Crippen LogP contribution in [-0.2, 0) is 20.9 Å². The van der Waals surface area contributed by atoms with E-state index in [2.05, 4.69) is 0 Å². The maximum Gasteiger partial charge on any atom is 0.410 e. The summed E-state index contributed by atoms with van der Waals surface area (Å²) in [5.41, 5.74) is 1.07. The second-order valence-corrected chi connectivity index (χ2v) is 7.74. The summed E-state index contributed by atoms with van der Waals surface area (Å²) >= 11 is 0. The molecule has 6 nitrogen and oxygen atoms in total. The van der Waals surface area contributed by atoms with Gasteiger partial charge in [0.2, 0.25) is 5.91 Å². The highest BCUT2D eigenvalue weighted by molar-refractivity contribution is 5.94. The van der Waals surface area contributed by atoms with Crippen LogP contribution in [0.15, 0.2) is 60.7 Å². The molecule has 0 saturated carbocycles. The number of hydrogen-bond donors (Lipinski definition) is 0. The predicted octanol–water partition coefficient (Wildman–Crippen LogP) is 4.25. The third kappa shape index (κ3) is 4.82. The molecule has 0 aromatic heterocycles. The number of nitrogens with zero attached hydrogens (tertiary/aromatic N) is 2. The minimum atomic E-state index is -0.718. The van der Waals surface area contributed by atoms with E-state index in [-0.39, 0.29) is 24.6 Å². The van der Waals surface area contributed by atoms with E-state index in [0.29, 0.717) is 25.9 Å². The van der Waals surface area contributed by atoms with E-state index in [4.69, 9.17) is 9.47 Å². The Kier molecular flexibility index (Phi) is 7.11. The van der Waals surface area contributed by atoms with Crippen molar-refractivity contribution in [1.29, 1.82) is 0 Å². The first-order valence-electron chi connectivity index (χ1n) is 10.4. The Morgan fingerprint density at radius 1 is 1.10 bits per heavy atom. The van der Waals surface area contributed by atoms with E-state index < -0.39 is 5.60 Å². The number of ether oxygens (including phenoxy) is 2. The van der Waals surface area contributed by atoms with Crippen LogP contribution in [0.2, 0.25) is 0 Å². The van der Waals surface area contributed by atoms with Gasteiger partial charge in [-0.05, 0) is 31.0 Å². The number of hydrogen-bond acceptors (Lipinski definition) is 4. The molecular formula is C24H30N2O4. The maximum atomic E-state index is 12.9. The summed E-state index contributed by atoms with van der Waals surface area (Å²) in [4.78, 5) is 29.0. The van der Waals surface area contributed by atoms with Crippen LogP contribution in [0.3, 0.4) is 0 Å². The zero-order valence-corrected chi connectivity index (χ0v) is 17.9. The van der Waals surface area contributed by atoms with Crippen molar-refractivity contribution in [1.82, 2.24) is 4.90 Å². The number of benzene rings is 2. The van der Waals surface area contributed by atoms with Crippen molar-refractivity contribution in [2.45, 2.75) is 44.9 Å². The molecule has 2 aromatic carbocycles. The molecule has 1 heterocycles. The number of piperidine rings is 1. The van der Waals surface area contributed by atoms with Crippen LogP contribution in [0.5, 0.6) is 0 Å². The topological polar surface area (TPSA) is 59.1 Å². The summed E-state index contributed by atoms with van der Waals surface area (Å²) in [6.07, 6.45) is 0.632. The van der Waals surface area contributed by atoms with Gasteiger partial charge in [-0.15, -0.1) is 0 Å². The molecule has 0 unspecified atom stereocenters. The molecule has 6 heteroatoms. The third-order valence-corrected chi connectivity index (χ3v) is 5.73. The first kappa shape index (κ1) is 21.8. The van der Waals surface area contributed by atoms with Crippen LogP contribution >= 0.6 is 0 Å².